The molecule has 17 heavy (non-hydrogen) atoms. The summed E-state index contributed by atoms with van der Waals surface area (Å²) in [6.45, 7) is 11.9. The summed E-state index contributed by atoms with van der Waals surface area (Å²) in [5, 5.41) is 8.49. The van der Waals surface area contributed by atoms with E-state index in [9.17, 15) is 4.79 Å². The van der Waals surface area contributed by atoms with Crippen molar-refractivity contribution in [1.82, 2.24) is 0 Å². The fraction of sp³-hybridized carbons (Fsp3) is 0.769. The molecule has 0 aliphatic heterocycles. The number of carbonyl (C=O) groups excluding carboxylic acids is 1. The van der Waals surface area contributed by atoms with E-state index < -0.39 is 0 Å². The topological polar surface area (TPSA) is 51.0 Å². The van der Waals surface area contributed by atoms with E-state index in [4.69, 9.17) is 4.74 Å². The third kappa shape index (κ3) is 8.60. The highest BCUT2D eigenvalue weighted by atomic mass is 16.5. The summed E-state index contributed by atoms with van der Waals surface area (Å²) in [6, 6.07) is 0.0529. The Kier molecular flexibility index (Phi) is 7.42. The number of hydrogen-bond donors (Lipinski definition) is 0. The maximum atomic E-state index is 11.2. The van der Waals surface area contributed by atoms with Gasteiger partial charge in [-0.1, -0.05) is 19.6 Å². The molecule has 0 N–H and O–H groups in total. The van der Waals surface area contributed by atoms with Crippen LogP contribution >= 0.6 is 0 Å². The number of azo groups is 1. The fourth-order valence-electron chi connectivity index (χ4n) is 0.934. The molecule has 0 aromatic heterocycles. The van der Waals surface area contributed by atoms with Crippen LogP contribution in [0.25, 0.3) is 0 Å². The van der Waals surface area contributed by atoms with E-state index in [2.05, 4.69) is 23.7 Å². The van der Waals surface area contributed by atoms with E-state index in [0.717, 1.165) is 6.42 Å². The van der Waals surface area contributed by atoms with Crippen LogP contribution in [0, 0.1) is 0 Å². The Morgan fingerprint density at radius 1 is 1.53 bits per heavy atom. The molecule has 0 aliphatic carbocycles. The Bertz CT molecular complexity index is 273. The highest BCUT2D eigenvalue weighted by molar-refractivity contribution is 5.69. The lowest BCUT2D eigenvalue weighted by Gasteiger charge is -2.15. The van der Waals surface area contributed by atoms with Crippen molar-refractivity contribution >= 4 is 5.97 Å². The van der Waals surface area contributed by atoms with Crippen molar-refractivity contribution in [2.45, 2.75) is 58.5 Å². The first-order valence-corrected chi connectivity index (χ1v) is 6.10. The van der Waals surface area contributed by atoms with Gasteiger partial charge >= 0.3 is 5.97 Å². The van der Waals surface area contributed by atoms with Gasteiger partial charge in [-0.2, -0.15) is 10.2 Å². The fourth-order valence-corrected chi connectivity index (χ4v) is 0.934. The van der Waals surface area contributed by atoms with Crippen molar-refractivity contribution in [3.8, 4) is 0 Å². The summed E-state index contributed by atoms with van der Waals surface area (Å²) in [7, 11) is 0. The maximum absolute atomic E-state index is 11.2. The minimum atomic E-state index is -0.207. The number of ether oxygens (including phenoxy) is 1. The van der Waals surface area contributed by atoms with Gasteiger partial charge in [0.05, 0.1) is 11.6 Å². The summed E-state index contributed by atoms with van der Waals surface area (Å²) in [5.41, 5.74) is -0.113. The van der Waals surface area contributed by atoms with Gasteiger partial charge in [-0.05, 0) is 33.6 Å². The smallest absolute Gasteiger partial charge is 0.306 e. The first-order chi connectivity index (χ1) is 7.91. The molecule has 0 aromatic rings. The summed E-state index contributed by atoms with van der Waals surface area (Å²) in [6.07, 6.45) is 3.55. The molecule has 1 atom stereocenters. The van der Waals surface area contributed by atoms with E-state index in [-0.39, 0.29) is 24.2 Å². The minimum Gasteiger partial charge on any atom is -0.461 e. The molecule has 0 amide bonds. The average molecular weight is 240 g/mol. The third-order valence-electron chi connectivity index (χ3n) is 2.52. The van der Waals surface area contributed by atoms with Crippen LogP contribution in [-0.4, -0.2) is 24.2 Å². The highest BCUT2D eigenvalue weighted by Crippen LogP contribution is 2.15. The number of hydrogen-bond acceptors (Lipinski definition) is 4. The summed E-state index contributed by atoms with van der Waals surface area (Å²) < 4.78 is 4.88. The molecule has 0 bridgehead atoms. The molecule has 4 heteroatoms. The third-order valence-corrected chi connectivity index (χ3v) is 2.52. The Morgan fingerprint density at radius 2 is 2.18 bits per heavy atom. The summed E-state index contributed by atoms with van der Waals surface area (Å²) in [4.78, 5) is 11.2. The molecule has 0 rings (SSSR count). The number of nitrogens with zero attached hydrogens (tertiary/aromatic N) is 2. The summed E-state index contributed by atoms with van der Waals surface area (Å²) >= 11 is 0. The van der Waals surface area contributed by atoms with E-state index in [1.165, 1.54) is 0 Å². The van der Waals surface area contributed by atoms with Gasteiger partial charge in [-0.3, -0.25) is 4.79 Å². The molecule has 0 saturated heterocycles. The van der Waals surface area contributed by atoms with E-state index in [0.29, 0.717) is 12.8 Å². The SMILES string of the molecule is C=CCOC(=O)CCC(C)N=NC(C)(C)CC. The molecule has 0 spiro atoms. The Labute approximate surface area is 104 Å². The van der Waals surface area contributed by atoms with E-state index >= 15 is 0 Å². The Morgan fingerprint density at radius 3 is 2.71 bits per heavy atom. The Hall–Kier alpha value is -1.19. The lowest BCUT2D eigenvalue weighted by Crippen LogP contribution is -2.15. The second kappa shape index (κ2) is 7.98. The predicted molar refractivity (Wildman–Crippen MR) is 69.1 cm³/mol. The monoisotopic (exact) mass is 240 g/mol. The molecule has 0 radical (unpaired) electrons. The van der Waals surface area contributed by atoms with Crippen molar-refractivity contribution in [3.05, 3.63) is 12.7 Å². The van der Waals surface area contributed by atoms with Crippen molar-refractivity contribution < 1.29 is 9.53 Å². The quantitative estimate of drug-likeness (QED) is 0.370. The molecule has 0 aliphatic rings. The molecule has 1 unspecified atom stereocenters. The minimum absolute atomic E-state index is 0.0529. The van der Waals surface area contributed by atoms with Crippen molar-refractivity contribution in [3.63, 3.8) is 0 Å². The van der Waals surface area contributed by atoms with Crippen LogP contribution in [0.15, 0.2) is 22.9 Å². The van der Waals surface area contributed by atoms with Crippen LogP contribution in [0.4, 0.5) is 0 Å². The Balaban J connectivity index is 3.90. The van der Waals surface area contributed by atoms with Gasteiger partial charge in [0.15, 0.2) is 0 Å². The van der Waals surface area contributed by atoms with Crippen molar-refractivity contribution in [2.24, 2.45) is 10.2 Å². The normalized spacial score (nSPS) is 13.6. The summed E-state index contributed by atoms with van der Waals surface area (Å²) in [5.74, 6) is -0.207. The van der Waals surface area contributed by atoms with Gasteiger partial charge in [0.1, 0.15) is 6.61 Å². The van der Waals surface area contributed by atoms with Crippen LogP contribution in [0.2, 0.25) is 0 Å². The molecule has 4 nitrogen and oxygen atoms in total. The van der Waals surface area contributed by atoms with Gasteiger partial charge in [0.25, 0.3) is 0 Å². The second-order valence-corrected chi connectivity index (χ2v) is 4.74. The van der Waals surface area contributed by atoms with Crippen LogP contribution < -0.4 is 0 Å². The van der Waals surface area contributed by atoms with Crippen molar-refractivity contribution in [1.29, 1.82) is 0 Å². The zero-order valence-electron chi connectivity index (χ0n) is 11.4. The first kappa shape index (κ1) is 15.8. The lowest BCUT2D eigenvalue weighted by atomic mass is 10.0. The molecule has 98 valence electrons. The molecule has 0 aromatic carbocycles. The molecule has 0 fully saturated rings. The van der Waals surface area contributed by atoms with Crippen LogP contribution in [0.1, 0.15) is 47.0 Å². The van der Waals surface area contributed by atoms with Crippen LogP contribution in [0.5, 0.6) is 0 Å². The zero-order chi connectivity index (χ0) is 13.3. The standard InChI is InChI=1S/C13H24N2O2/c1-6-10-17-12(16)9-8-11(3)14-15-13(4,5)7-2/h6,11H,1,7-10H2,2-5H3. The van der Waals surface area contributed by atoms with Gasteiger partial charge in [0.2, 0.25) is 0 Å². The number of esters is 1. The van der Waals surface area contributed by atoms with Crippen molar-refractivity contribution in [2.75, 3.05) is 6.61 Å². The first-order valence-electron chi connectivity index (χ1n) is 6.10. The predicted octanol–water partition coefficient (Wildman–Crippen LogP) is 3.53. The molecular weight excluding hydrogens is 216 g/mol. The molecule has 0 saturated carbocycles. The van der Waals surface area contributed by atoms with Gasteiger partial charge in [0, 0.05) is 6.42 Å². The van der Waals surface area contributed by atoms with Gasteiger partial charge in [-0.25, -0.2) is 0 Å². The average Bonchev–Trinajstić information content (AvgIpc) is 2.31. The second-order valence-electron chi connectivity index (χ2n) is 4.74. The van der Waals surface area contributed by atoms with Gasteiger partial charge < -0.3 is 4.74 Å². The lowest BCUT2D eigenvalue weighted by molar-refractivity contribution is -0.142. The molecule has 0 heterocycles. The van der Waals surface area contributed by atoms with E-state index in [1.54, 1.807) is 6.08 Å². The molecular formula is C13H24N2O2. The number of carbonyl (C=O) groups is 1. The van der Waals surface area contributed by atoms with Gasteiger partial charge in [-0.15, -0.1) is 0 Å². The van der Waals surface area contributed by atoms with Crippen LogP contribution in [0.3, 0.4) is 0 Å². The van der Waals surface area contributed by atoms with E-state index in [1.807, 2.05) is 20.8 Å². The number of rotatable bonds is 8. The van der Waals surface area contributed by atoms with Crippen LogP contribution in [-0.2, 0) is 9.53 Å². The zero-order valence-corrected chi connectivity index (χ0v) is 11.4. The largest absolute Gasteiger partial charge is 0.461 e. The maximum Gasteiger partial charge on any atom is 0.306 e. The highest BCUT2D eigenvalue weighted by Gasteiger charge is 2.13.